The van der Waals surface area contributed by atoms with Crippen LogP contribution in [0.25, 0.3) is 11.0 Å². The summed E-state index contributed by atoms with van der Waals surface area (Å²) in [6.07, 6.45) is -0.627. The van der Waals surface area contributed by atoms with Gasteiger partial charge in [0.15, 0.2) is 6.10 Å². The molecule has 4 rings (SSSR count). The van der Waals surface area contributed by atoms with Crippen molar-refractivity contribution in [3.8, 4) is 5.75 Å². The lowest BCUT2D eigenvalue weighted by Gasteiger charge is -2.32. The van der Waals surface area contributed by atoms with E-state index in [2.05, 4.69) is 5.32 Å². The zero-order valence-corrected chi connectivity index (χ0v) is 16.1. The Morgan fingerprint density at radius 2 is 1.89 bits per heavy atom. The third kappa shape index (κ3) is 3.11. The van der Waals surface area contributed by atoms with Crippen LogP contribution in [0.2, 0.25) is 0 Å². The van der Waals surface area contributed by atoms with Crippen LogP contribution >= 0.6 is 0 Å². The molecule has 2 atom stereocenters. The summed E-state index contributed by atoms with van der Waals surface area (Å²) >= 11 is 0. The fraction of sp³-hybridized carbons (Fsp3) is 0.273. The zero-order valence-electron chi connectivity index (χ0n) is 16.1. The Labute approximate surface area is 163 Å². The molecule has 2 aromatic carbocycles. The molecule has 144 valence electrons. The van der Waals surface area contributed by atoms with Crippen molar-refractivity contribution in [2.24, 2.45) is 0 Å². The Kier molecular flexibility index (Phi) is 4.55. The third-order valence-electron chi connectivity index (χ3n) is 5.03. The Morgan fingerprint density at radius 1 is 1.18 bits per heavy atom. The quantitative estimate of drug-likeness (QED) is 0.751. The summed E-state index contributed by atoms with van der Waals surface area (Å²) in [6, 6.07) is 14.7. The molecule has 6 nitrogen and oxygen atoms in total. The number of ether oxygens (including phenoxy) is 1. The van der Waals surface area contributed by atoms with Crippen LogP contribution in [0.4, 0.5) is 5.69 Å². The molecule has 6 heteroatoms. The first-order valence-electron chi connectivity index (χ1n) is 9.30. The first kappa shape index (κ1) is 18.1. The number of aryl methyl sites for hydroxylation is 1. The van der Waals surface area contributed by atoms with E-state index in [4.69, 9.17) is 9.15 Å². The van der Waals surface area contributed by atoms with Gasteiger partial charge in [-0.05, 0) is 39.0 Å². The highest BCUT2D eigenvalue weighted by molar-refractivity contribution is 6.03. The SMILES string of the molecule is Cc1c([C@H](C)NC(=O)CN2C(=O)[C@H](C)Oc3ccccc32)oc2ccccc12. The summed E-state index contributed by atoms with van der Waals surface area (Å²) in [5, 5.41) is 3.98. The number of carbonyl (C=O) groups excluding carboxylic acids is 2. The summed E-state index contributed by atoms with van der Waals surface area (Å²) in [7, 11) is 0. The molecule has 2 amide bonds. The van der Waals surface area contributed by atoms with E-state index in [1.807, 2.05) is 50.2 Å². The van der Waals surface area contributed by atoms with Gasteiger partial charge in [0, 0.05) is 10.9 Å². The first-order chi connectivity index (χ1) is 13.5. The average molecular weight is 378 g/mol. The maximum atomic E-state index is 12.7. The number of hydrogen-bond acceptors (Lipinski definition) is 4. The predicted molar refractivity (Wildman–Crippen MR) is 106 cm³/mol. The number of rotatable bonds is 4. The smallest absolute Gasteiger partial charge is 0.268 e. The van der Waals surface area contributed by atoms with Crippen molar-refractivity contribution in [2.45, 2.75) is 32.9 Å². The Hall–Kier alpha value is -3.28. The van der Waals surface area contributed by atoms with E-state index in [0.29, 0.717) is 11.4 Å². The lowest BCUT2D eigenvalue weighted by atomic mass is 10.1. The van der Waals surface area contributed by atoms with Crippen molar-refractivity contribution in [2.75, 3.05) is 11.4 Å². The highest BCUT2D eigenvalue weighted by Crippen LogP contribution is 2.33. The fourth-order valence-corrected chi connectivity index (χ4v) is 3.62. The molecular formula is C22H22N2O4. The molecule has 0 aliphatic carbocycles. The largest absolute Gasteiger partial charge is 0.479 e. The van der Waals surface area contributed by atoms with Crippen LogP contribution in [0.5, 0.6) is 5.75 Å². The molecule has 0 radical (unpaired) electrons. The number of carbonyl (C=O) groups is 2. The first-order valence-corrected chi connectivity index (χ1v) is 9.30. The fourth-order valence-electron chi connectivity index (χ4n) is 3.62. The van der Waals surface area contributed by atoms with Gasteiger partial charge in [0.2, 0.25) is 5.91 Å². The van der Waals surface area contributed by atoms with Gasteiger partial charge in [-0.3, -0.25) is 14.5 Å². The number of anilines is 1. The molecule has 0 saturated carbocycles. The average Bonchev–Trinajstić information content (AvgIpc) is 3.02. The van der Waals surface area contributed by atoms with Crippen molar-refractivity contribution >= 4 is 28.5 Å². The second-order valence-electron chi connectivity index (χ2n) is 7.03. The molecule has 0 fully saturated rings. The second-order valence-corrected chi connectivity index (χ2v) is 7.03. The molecule has 1 aliphatic heterocycles. The Morgan fingerprint density at radius 3 is 2.68 bits per heavy atom. The minimum Gasteiger partial charge on any atom is -0.479 e. The molecule has 1 aromatic heterocycles. The van der Waals surface area contributed by atoms with Gasteiger partial charge in [-0.25, -0.2) is 0 Å². The number of benzene rings is 2. The standard InChI is InChI=1S/C22H22N2O4/c1-13-16-8-4-6-10-18(16)28-21(13)14(2)23-20(25)12-24-17-9-5-7-11-19(17)27-15(3)22(24)26/h4-11,14-15H,12H2,1-3H3,(H,23,25)/t14-,15-/m0/s1. The maximum Gasteiger partial charge on any atom is 0.268 e. The van der Waals surface area contributed by atoms with Crippen molar-refractivity contribution in [1.29, 1.82) is 0 Å². The lowest BCUT2D eigenvalue weighted by molar-refractivity contribution is -0.128. The van der Waals surface area contributed by atoms with Gasteiger partial charge in [0.1, 0.15) is 23.6 Å². The topological polar surface area (TPSA) is 71.8 Å². The van der Waals surface area contributed by atoms with Crippen LogP contribution in [0, 0.1) is 6.92 Å². The van der Waals surface area contributed by atoms with Crippen molar-refractivity contribution in [1.82, 2.24) is 5.32 Å². The van der Waals surface area contributed by atoms with E-state index in [1.165, 1.54) is 4.90 Å². The molecule has 0 unspecified atom stereocenters. The molecule has 28 heavy (non-hydrogen) atoms. The summed E-state index contributed by atoms with van der Waals surface area (Å²) in [5.41, 5.74) is 2.40. The van der Waals surface area contributed by atoms with Crippen molar-refractivity contribution < 1.29 is 18.7 Å². The van der Waals surface area contributed by atoms with Gasteiger partial charge in [-0.1, -0.05) is 30.3 Å². The zero-order chi connectivity index (χ0) is 19.8. The van der Waals surface area contributed by atoms with Gasteiger partial charge >= 0.3 is 0 Å². The molecular weight excluding hydrogens is 356 g/mol. The molecule has 0 bridgehead atoms. The maximum absolute atomic E-state index is 12.7. The van der Waals surface area contributed by atoms with E-state index < -0.39 is 6.10 Å². The van der Waals surface area contributed by atoms with E-state index in [0.717, 1.165) is 22.3 Å². The molecule has 0 spiro atoms. The molecule has 2 heterocycles. The van der Waals surface area contributed by atoms with Crippen LogP contribution in [0.3, 0.4) is 0 Å². The van der Waals surface area contributed by atoms with Crippen LogP contribution in [-0.2, 0) is 9.59 Å². The minimum atomic E-state index is -0.627. The highest BCUT2D eigenvalue weighted by atomic mass is 16.5. The van der Waals surface area contributed by atoms with Crippen molar-refractivity contribution in [3.63, 3.8) is 0 Å². The number of furan rings is 1. The number of hydrogen-bond donors (Lipinski definition) is 1. The van der Waals surface area contributed by atoms with E-state index in [-0.39, 0.29) is 24.4 Å². The Bertz CT molecular complexity index is 1060. The molecule has 3 aromatic rings. The molecule has 1 N–H and O–H groups in total. The van der Waals surface area contributed by atoms with E-state index in [9.17, 15) is 9.59 Å². The number of amides is 2. The van der Waals surface area contributed by atoms with Crippen LogP contribution in [0.15, 0.2) is 52.9 Å². The monoisotopic (exact) mass is 378 g/mol. The molecule has 1 aliphatic rings. The summed E-state index contributed by atoms with van der Waals surface area (Å²) < 4.78 is 11.5. The number of para-hydroxylation sites is 3. The van der Waals surface area contributed by atoms with Gasteiger partial charge in [-0.2, -0.15) is 0 Å². The van der Waals surface area contributed by atoms with Gasteiger partial charge in [-0.15, -0.1) is 0 Å². The number of nitrogens with zero attached hydrogens (tertiary/aromatic N) is 1. The number of fused-ring (bicyclic) bond motifs is 2. The van der Waals surface area contributed by atoms with Gasteiger partial charge in [0.05, 0.1) is 11.7 Å². The van der Waals surface area contributed by atoms with Crippen LogP contribution in [-0.4, -0.2) is 24.5 Å². The summed E-state index contributed by atoms with van der Waals surface area (Å²) in [5.74, 6) is 0.825. The predicted octanol–water partition coefficient (Wildman–Crippen LogP) is 3.73. The highest BCUT2D eigenvalue weighted by Gasteiger charge is 2.32. The van der Waals surface area contributed by atoms with Gasteiger partial charge in [0.25, 0.3) is 5.91 Å². The summed E-state index contributed by atoms with van der Waals surface area (Å²) in [6.45, 7) is 5.46. The van der Waals surface area contributed by atoms with Crippen LogP contribution < -0.4 is 15.0 Å². The van der Waals surface area contributed by atoms with E-state index in [1.54, 1.807) is 19.1 Å². The second kappa shape index (κ2) is 7.03. The minimum absolute atomic E-state index is 0.0762. The number of nitrogens with one attached hydrogen (secondary N) is 1. The lowest BCUT2D eigenvalue weighted by Crippen LogP contribution is -2.49. The van der Waals surface area contributed by atoms with Gasteiger partial charge < -0.3 is 14.5 Å². The Balaban J connectivity index is 1.52. The van der Waals surface area contributed by atoms with Crippen molar-refractivity contribution in [3.05, 3.63) is 59.9 Å². The normalized spacial score (nSPS) is 17.2. The third-order valence-corrected chi connectivity index (χ3v) is 5.03. The molecule has 0 saturated heterocycles. The summed E-state index contributed by atoms with van der Waals surface area (Å²) in [4.78, 5) is 26.7. The van der Waals surface area contributed by atoms with Crippen LogP contribution in [0.1, 0.15) is 31.2 Å². The van der Waals surface area contributed by atoms with E-state index >= 15 is 0 Å².